The molecule has 1 aromatic carbocycles. The van der Waals surface area contributed by atoms with Crippen LogP contribution in [0.2, 0.25) is 5.02 Å². The summed E-state index contributed by atoms with van der Waals surface area (Å²) in [5, 5.41) is 5.95. The highest BCUT2D eigenvalue weighted by Gasteiger charge is 2.61. The van der Waals surface area contributed by atoms with E-state index in [1.165, 1.54) is 4.90 Å². The Bertz CT molecular complexity index is 1430. The lowest BCUT2D eigenvalue weighted by Gasteiger charge is -2.30. The molecule has 13 heteroatoms. The van der Waals surface area contributed by atoms with E-state index in [1.807, 2.05) is 6.08 Å². The van der Waals surface area contributed by atoms with Crippen LogP contribution in [0.4, 0.5) is 4.79 Å². The van der Waals surface area contributed by atoms with Crippen LogP contribution in [0.5, 0.6) is 0 Å². The highest BCUT2D eigenvalue weighted by Crippen LogP contribution is 2.45. The summed E-state index contributed by atoms with van der Waals surface area (Å²) in [6.45, 7) is 5.51. The first-order chi connectivity index (χ1) is 20.7. The number of carbonyl (C=O) groups is 4. The molecule has 0 spiro atoms. The molecule has 44 heavy (non-hydrogen) atoms. The van der Waals surface area contributed by atoms with Crippen molar-refractivity contribution in [1.29, 1.82) is 0 Å². The summed E-state index contributed by atoms with van der Waals surface area (Å²) in [6.07, 6.45) is 7.33. The molecule has 4 rings (SSSR count). The number of rotatable bonds is 5. The number of carbonyl (C=O) groups excluding carboxylic acids is 4. The van der Waals surface area contributed by atoms with E-state index in [0.717, 1.165) is 12.8 Å². The lowest BCUT2D eigenvalue weighted by atomic mass is 10.0. The second-order valence-corrected chi connectivity index (χ2v) is 14.8. The van der Waals surface area contributed by atoms with E-state index in [0.29, 0.717) is 49.2 Å². The SMILES string of the molecule is CC(C)(C)OC(=O)N[C@H]1CCCCCC=C=C[C@@H]2C[C@@]2(C(=O)NS(=O)(=O)Cc2ccc(Cl)cc2)NC(=O)[C@@H]2CCCN2C1=O. The molecule has 2 heterocycles. The van der Waals surface area contributed by atoms with Crippen molar-refractivity contribution < 1.29 is 32.3 Å². The Kier molecular flexibility index (Phi) is 10.5. The van der Waals surface area contributed by atoms with Crippen LogP contribution in [-0.4, -0.2) is 66.9 Å². The van der Waals surface area contributed by atoms with Crippen LogP contribution in [0.25, 0.3) is 0 Å². The predicted molar refractivity (Wildman–Crippen MR) is 165 cm³/mol. The maximum absolute atomic E-state index is 13.7. The van der Waals surface area contributed by atoms with Crippen LogP contribution in [0.3, 0.4) is 0 Å². The number of fused-ring (bicyclic) bond motifs is 2. The molecule has 3 aliphatic rings. The molecule has 2 fully saturated rings. The van der Waals surface area contributed by atoms with Gasteiger partial charge in [-0.05, 0) is 89.1 Å². The first kappa shape index (κ1) is 33.6. The minimum atomic E-state index is -4.11. The Labute approximate surface area is 263 Å². The van der Waals surface area contributed by atoms with E-state index in [4.69, 9.17) is 16.3 Å². The third-order valence-corrected chi connectivity index (χ3v) is 9.33. The predicted octanol–water partition coefficient (Wildman–Crippen LogP) is 3.72. The molecule has 3 N–H and O–H groups in total. The zero-order chi connectivity index (χ0) is 32.1. The number of sulfonamides is 1. The fourth-order valence-corrected chi connectivity index (χ4v) is 6.87. The van der Waals surface area contributed by atoms with Crippen LogP contribution >= 0.6 is 11.6 Å². The van der Waals surface area contributed by atoms with Crippen LogP contribution in [0, 0.1) is 5.92 Å². The van der Waals surface area contributed by atoms with E-state index >= 15 is 0 Å². The van der Waals surface area contributed by atoms with Gasteiger partial charge in [0.25, 0.3) is 5.91 Å². The van der Waals surface area contributed by atoms with Gasteiger partial charge in [-0.2, -0.15) is 0 Å². The molecule has 0 aromatic heterocycles. The van der Waals surface area contributed by atoms with E-state index in [1.54, 1.807) is 51.1 Å². The van der Waals surface area contributed by atoms with Crippen LogP contribution < -0.4 is 15.4 Å². The molecule has 1 saturated carbocycles. The van der Waals surface area contributed by atoms with Gasteiger partial charge in [0.2, 0.25) is 21.8 Å². The van der Waals surface area contributed by atoms with Crippen molar-refractivity contribution in [2.24, 2.45) is 5.92 Å². The Morgan fingerprint density at radius 1 is 1.11 bits per heavy atom. The van der Waals surface area contributed by atoms with Gasteiger partial charge in [0.05, 0.1) is 5.75 Å². The fourth-order valence-electron chi connectivity index (χ4n) is 5.57. The molecule has 1 aliphatic carbocycles. The van der Waals surface area contributed by atoms with Gasteiger partial charge < -0.3 is 20.3 Å². The monoisotopic (exact) mass is 648 g/mol. The summed E-state index contributed by atoms with van der Waals surface area (Å²) in [5.74, 6) is -2.71. The van der Waals surface area contributed by atoms with Crippen molar-refractivity contribution >= 4 is 45.4 Å². The van der Waals surface area contributed by atoms with Gasteiger partial charge in [0.15, 0.2) is 0 Å². The van der Waals surface area contributed by atoms with Crippen LogP contribution in [0.15, 0.2) is 42.1 Å². The van der Waals surface area contributed by atoms with Crippen molar-refractivity contribution in [3.05, 3.63) is 52.7 Å². The summed E-state index contributed by atoms with van der Waals surface area (Å²) < 4.78 is 33.4. The molecule has 0 unspecified atom stereocenters. The average molecular weight is 649 g/mol. The summed E-state index contributed by atoms with van der Waals surface area (Å²) in [7, 11) is -4.11. The molecule has 240 valence electrons. The first-order valence-electron chi connectivity index (χ1n) is 15.0. The molecular formula is C31H41ClN4O7S. The number of alkyl carbamates (subject to hydrolysis) is 1. The smallest absolute Gasteiger partial charge is 0.408 e. The number of ether oxygens (including phenoxy) is 1. The lowest BCUT2D eigenvalue weighted by Crippen LogP contribution is -2.58. The Morgan fingerprint density at radius 3 is 2.55 bits per heavy atom. The largest absolute Gasteiger partial charge is 0.444 e. The van der Waals surface area contributed by atoms with E-state index < -0.39 is 68.7 Å². The maximum Gasteiger partial charge on any atom is 0.408 e. The molecule has 1 aromatic rings. The molecular weight excluding hydrogens is 608 g/mol. The molecule has 0 radical (unpaired) electrons. The zero-order valence-corrected chi connectivity index (χ0v) is 26.9. The lowest BCUT2D eigenvalue weighted by molar-refractivity contribution is -0.141. The third kappa shape index (κ3) is 8.86. The Hall–Kier alpha value is -3.34. The molecule has 4 amide bonds. The van der Waals surface area contributed by atoms with Crippen molar-refractivity contribution in [1.82, 2.24) is 20.3 Å². The molecule has 11 nitrogen and oxygen atoms in total. The van der Waals surface area contributed by atoms with Gasteiger partial charge >= 0.3 is 6.09 Å². The molecule has 2 aliphatic heterocycles. The van der Waals surface area contributed by atoms with Crippen molar-refractivity contribution in [2.45, 2.75) is 101 Å². The van der Waals surface area contributed by atoms with Gasteiger partial charge in [0, 0.05) is 17.5 Å². The molecule has 4 atom stereocenters. The number of nitrogens with one attached hydrogen (secondary N) is 3. The topological polar surface area (TPSA) is 151 Å². The van der Waals surface area contributed by atoms with Crippen molar-refractivity contribution in [3.8, 4) is 0 Å². The van der Waals surface area contributed by atoms with Gasteiger partial charge in [-0.1, -0.05) is 36.6 Å². The third-order valence-electron chi connectivity index (χ3n) is 7.87. The maximum atomic E-state index is 13.7. The summed E-state index contributed by atoms with van der Waals surface area (Å²) >= 11 is 5.90. The summed E-state index contributed by atoms with van der Waals surface area (Å²) in [5.41, 5.74) is 1.28. The molecule has 0 bridgehead atoms. The number of nitrogens with zero attached hydrogens (tertiary/aromatic N) is 1. The Morgan fingerprint density at radius 2 is 1.84 bits per heavy atom. The second-order valence-electron chi connectivity index (χ2n) is 12.7. The van der Waals surface area contributed by atoms with E-state index in [-0.39, 0.29) is 6.42 Å². The van der Waals surface area contributed by atoms with Gasteiger partial charge in [-0.15, -0.1) is 5.73 Å². The first-order valence-corrected chi connectivity index (χ1v) is 17.0. The van der Waals surface area contributed by atoms with Gasteiger partial charge in [-0.25, -0.2) is 13.2 Å². The van der Waals surface area contributed by atoms with Crippen LogP contribution in [-0.2, 0) is 34.9 Å². The number of hydrogen-bond donors (Lipinski definition) is 3. The highest BCUT2D eigenvalue weighted by molar-refractivity contribution is 7.89. The number of amides is 4. The van der Waals surface area contributed by atoms with Gasteiger partial charge in [-0.3, -0.25) is 19.1 Å². The minimum absolute atomic E-state index is 0.186. The number of benzene rings is 1. The number of hydrogen-bond acceptors (Lipinski definition) is 7. The van der Waals surface area contributed by atoms with Crippen molar-refractivity contribution in [2.75, 3.05) is 6.54 Å². The Balaban J connectivity index is 1.55. The zero-order valence-electron chi connectivity index (χ0n) is 25.4. The standard InChI is InChI=1S/C31H41ClN4O7S/c1-30(2,3)43-29(40)33-24-12-9-7-5-4-6-8-11-22-19-31(22,34-26(37)25-13-10-18-36(25)27(24)38)28(39)35-44(41,42)20-21-14-16-23(32)17-15-21/h6,11,14-17,22,24-25H,4-5,7,9-10,12-13,18-20H2,1-3H3,(H,33,40)(H,34,37)(H,35,39)/t8?,22-,24+,25+,31-/m1/s1. The van der Waals surface area contributed by atoms with Gasteiger partial charge in [0.1, 0.15) is 23.2 Å². The number of halogens is 1. The van der Waals surface area contributed by atoms with Crippen molar-refractivity contribution in [3.63, 3.8) is 0 Å². The summed E-state index contributed by atoms with van der Waals surface area (Å²) in [4.78, 5) is 55.0. The average Bonchev–Trinajstić information content (AvgIpc) is 3.38. The van der Waals surface area contributed by atoms with E-state index in [2.05, 4.69) is 21.1 Å². The minimum Gasteiger partial charge on any atom is -0.444 e. The van der Waals surface area contributed by atoms with E-state index in [9.17, 15) is 27.6 Å². The molecule has 1 saturated heterocycles. The normalized spacial score (nSPS) is 26.3. The van der Waals surface area contributed by atoms with Crippen LogP contribution in [0.1, 0.15) is 77.7 Å². The fraction of sp³-hybridized carbons (Fsp3) is 0.581. The quantitative estimate of drug-likeness (QED) is 0.412. The second kappa shape index (κ2) is 13.7. The highest BCUT2D eigenvalue weighted by atomic mass is 35.5. The summed E-state index contributed by atoms with van der Waals surface area (Å²) in [6, 6.07) is 4.47.